The first-order chi connectivity index (χ1) is 14.5. The van der Waals surface area contributed by atoms with E-state index in [1.54, 1.807) is 24.5 Å². The number of anilines is 1. The third-order valence-corrected chi connectivity index (χ3v) is 6.25. The molecule has 0 saturated heterocycles. The van der Waals surface area contributed by atoms with Crippen LogP contribution in [0.3, 0.4) is 0 Å². The van der Waals surface area contributed by atoms with Crippen molar-refractivity contribution in [2.24, 2.45) is 0 Å². The van der Waals surface area contributed by atoms with Crippen molar-refractivity contribution in [3.63, 3.8) is 0 Å². The molecule has 0 saturated carbocycles. The van der Waals surface area contributed by atoms with E-state index in [4.69, 9.17) is 16.3 Å². The highest BCUT2D eigenvalue weighted by Gasteiger charge is 2.23. The summed E-state index contributed by atoms with van der Waals surface area (Å²) in [5.74, 6) is -1.64. The zero-order valence-corrected chi connectivity index (χ0v) is 18.7. The van der Waals surface area contributed by atoms with E-state index in [0.29, 0.717) is 15.6 Å². The number of benzene rings is 2. The topological polar surface area (TPSA) is 145 Å². The number of nitrogens with zero attached hydrogens (tertiary/aromatic N) is 1. The molecule has 0 fully saturated rings. The molecule has 0 radical (unpaired) electrons. The van der Waals surface area contributed by atoms with Crippen LogP contribution in [0.1, 0.15) is 6.92 Å². The van der Waals surface area contributed by atoms with Crippen molar-refractivity contribution >= 4 is 56.6 Å². The second-order valence-corrected chi connectivity index (χ2v) is 9.10. The van der Waals surface area contributed by atoms with E-state index in [9.17, 15) is 28.1 Å². The van der Waals surface area contributed by atoms with Crippen molar-refractivity contribution in [2.45, 2.75) is 22.8 Å². The largest absolute Gasteiger partial charge is 0.452 e. The summed E-state index contributed by atoms with van der Waals surface area (Å²) in [6.07, 6.45) is 0.409. The van der Waals surface area contributed by atoms with E-state index >= 15 is 0 Å². The quantitative estimate of drug-likeness (QED) is 0.238. The normalized spacial score (nSPS) is 12.1. The second-order valence-electron chi connectivity index (χ2n) is 6.05. The Balaban J connectivity index is 1.97. The Kier molecular flexibility index (Phi) is 8.39. The van der Waals surface area contributed by atoms with E-state index in [-0.39, 0.29) is 10.6 Å². The monoisotopic (exact) mass is 487 g/mol. The van der Waals surface area contributed by atoms with Gasteiger partial charge in [-0.25, -0.2) is 8.42 Å². The molecule has 0 aromatic heterocycles. The maximum Gasteiger partial charge on any atom is 0.321 e. The fraction of sp³-hybridized carbons (Fsp3) is 0.222. The van der Waals surface area contributed by atoms with Crippen LogP contribution in [0.2, 0.25) is 5.02 Å². The molecule has 10 nitrogen and oxygen atoms in total. The van der Waals surface area contributed by atoms with Crippen molar-refractivity contribution in [2.75, 3.05) is 18.1 Å². The molecular formula is C18H18ClN3O7S2. The fourth-order valence-electron chi connectivity index (χ4n) is 2.32. The number of esters is 1. The molecule has 0 aliphatic carbocycles. The van der Waals surface area contributed by atoms with E-state index in [2.05, 4.69) is 5.32 Å². The number of carbonyl (C=O) groups excluding carboxylic acids is 2. The van der Waals surface area contributed by atoms with Crippen LogP contribution >= 0.6 is 23.4 Å². The van der Waals surface area contributed by atoms with Crippen LogP contribution < -0.4 is 10.0 Å². The van der Waals surface area contributed by atoms with Gasteiger partial charge in [0.15, 0.2) is 6.10 Å². The molecule has 0 spiro atoms. The number of thioether (sulfide) groups is 1. The molecule has 0 unspecified atom stereocenters. The number of hydrogen-bond donors (Lipinski definition) is 2. The Hall–Kier alpha value is -2.67. The minimum atomic E-state index is -4.23. The maximum atomic E-state index is 12.4. The molecule has 13 heteroatoms. The molecule has 2 aromatic carbocycles. The zero-order valence-electron chi connectivity index (χ0n) is 16.3. The van der Waals surface area contributed by atoms with Crippen molar-refractivity contribution in [1.82, 2.24) is 4.72 Å². The molecule has 1 atom stereocenters. The lowest BCUT2D eigenvalue weighted by molar-refractivity contribution is -0.388. The van der Waals surface area contributed by atoms with Gasteiger partial charge in [0.2, 0.25) is 10.0 Å². The summed E-state index contributed by atoms with van der Waals surface area (Å²) >= 11 is 6.93. The minimum Gasteiger partial charge on any atom is -0.452 e. The summed E-state index contributed by atoms with van der Waals surface area (Å²) in [4.78, 5) is 34.4. The molecule has 2 N–H and O–H groups in total. The summed E-state index contributed by atoms with van der Waals surface area (Å²) < 4.78 is 31.6. The summed E-state index contributed by atoms with van der Waals surface area (Å²) in [5.41, 5.74) is 0.0284. The van der Waals surface area contributed by atoms with Crippen molar-refractivity contribution < 1.29 is 27.7 Å². The van der Waals surface area contributed by atoms with E-state index < -0.39 is 39.5 Å². The number of ether oxygens (including phenoxy) is 1. The summed E-state index contributed by atoms with van der Waals surface area (Å²) in [5, 5.41) is 14.0. The fourth-order valence-corrected chi connectivity index (χ4v) is 4.04. The number of rotatable bonds is 9. The van der Waals surface area contributed by atoms with Gasteiger partial charge in [-0.2, -0.15) is 4.72 Å². The van der Waals surface area contributed by atoms with Crippen LogP contribution in [0.15, 0.2) is 52.3 Å². The molecule has 2 rings (SSSR count). The molecule has 0 bridgehead atoms. The van der Waals surface area contributed by atoms with Crippen molar-refractivity contribution in [3.05, 3.63) is 57.6 Å². The summed E-state index contributed by atoms with van der Waals surface area (Å²) in [7, 11) is -4.23. The number of amides is 1. The standard InChI is InChI=1S/C18H18ClN3O7S2/c1-11(18(24)21-13-5-3-4-12(19)8-13)29-17(23)10-20-31(27,28)14-6-7-16(30-2)15(9-14)22(25)26/h3-9,11,20H,10H2,1-2H3,(H,21,24)/t11-/m1/s1. The Morgan fingerprint density at radius 1 is 1.26 bits per heavy atom. The lowest BCUT2D eigenvalue weighted by atomic mass is 10.3. The Labute approximate surface area is 187 Å². The third-order valence-electron chi connectivity index (χ3n) is 3.83. The minimum absolute atomic E-state index is 0.294. The lowest BCUT2D eigenvalue weighted by Crippen LogP contribution is -2.35. The smallest absolute Gasteiger partial charge is 0.321 e. The maximum absolute atomic E-state index is 12.4. The van der Waals surface area contributed by atoms with Crippen LogP contribution in [0, 0.1) is 10.1 Å². The van der Waals surface area contributed by atoms with Gasteiger partial charge in [0.25, 0.3) is 11.6 Å². The first-order valence-electron chi connectivity index (χ1n) is 8.61. The molecule has 1 amide bonds. The summed E-state index contributed by atoms with van der Waals surface area (Å²) in [6.45, 7) is 0.548. The number of halogens is 1. The number of nitro groups is 1. The third kappa shape index (κ3) is 6.92. The lowest BCUT2D eigenvalue weighted by Gasteiger charge is -2.14. The van der Waals surface area contributed by atoms with Crippen LogP contribution in [-0.2, 0) is 24.3 Å². The second kappa shape index (κ2) is 10.6. The predicted octanol–water partition coefficient (Wildman–Crippen LogP) is 2.82. The van der Waals surface area contributed by atoms with Gasteiger partial charge in [0, 0.05) is 16.8 Å². The highest BCUT2D eigenvalue weighted by Crippen LogP contribution is 2.29. The predicted molar refractivity (Wildman–Crippen MR) is 116 cm³/mol. The number of nitro benzene ring substituents is 1. The average molecular weight is 488 g/mol. The van der Waals surface area contributed by atoms with Crippen molar-refractivity contribution in [3.8, 4) is 0 Å². The van der Waals surface area contributed by atoms with Crippen LogP contribution in [-0.4, -0.2) is 44.1 Å². The molecule has 0 aliphatic rings. The molecule has 2 aromatic rings. The average Bonchev–Trinajstić information content (AvgIpc) is 2.71. The number of hydrogen-bond acceptors (Lipinski definition) is 8. The van der Waals surface area contributed by atoms with Gasteiger partial charge in [0.1, 0.15) is 6.54 Å². The molecule has 0 aliphatic heterocycles. The van der Waals surface area contributed by atoms with Gasteiger partial charge in [-0.1, -0.05) is 17.7 Å². The van der Waals surface area contributed by atoms with E-state index in [0.717, 1.165) is 17.8 Å². The van der Waals surface area contributed by atoms with Gasteiger partial charge >= 0.3 is 5.97 Å². The number of nitrogens with one attached hydrogen (secondary N) is 2. The molecular weight excluding hydrogens is 470 g/mol. The Morgan fingerprint density at radius 2 is 1.97 bits per heavy atom. The SMILES string of the molecule is CSc1ccc(S(=O)(=O)NCC(=O)O[C@H](C)C(=O)Nc2cccc(Cl)c2)cc1[N+](=O)[O-]. The Bertz CT molecular complexity index is 1110. The number of sulfonamides is 1. The van der Waals surface area contributed by atoms with E-state index in [1.807, 2.05) is 4.72 Å². The van der Waals surface area contributed by atoms with Crippen LogP contribution in [0.25, 0.3) is 0 Å². The first kappa shape index (κ1) is 24.6. The van der Waals surface area contributed by atoms with Gasteiger partial charge in [-0.05, 0) is 43.5 Å². The van der Waals surface area contributed by atoms with Gasteiger partial charge in [-0.3, -0.25) is 19.7 Å². The van der Waals surface area contributed by atoms with Gasteiger partial charge in [-0.15, -0.1) is 11.8 Å². The number of carbonyl (C=O) groups is 2. The van der Waals surface area contributed by atoms with Gasteiger partial charge in [0.05, 0.1) is 14.7 Å². The van der Waals surface area contributed by atoms with Gasteiger partial charge < -0.3 is 10.1 Å². The first-order valence-corrected chi connectivity index (χ1v) is 11.7. The molecule has 166 valence electrons. The summed E-state index contributed by atoms with van der Waals surface area (Å²) in [6, 6.07) is 9.74. The van der Waals surface area contributed by atoms with Crippen LogP contribution in [0.5, 0.6) is 0 Å². The highest BCUT2D eigenvalue weighted by molar-refractivity contribution is 7.98. The van der Waals surface area contributed by atoms with E-state index in [1.165, 1.54) is 25.1 Å². The van der Waals surface area contributed by atoms with Crippen molar-refractivity contribution in [1.29, 1.82) is 0 Å². The Morgan fingerprint density at radius 3 is 2.58 bits per heavy atom. The molecule has 31 heavy (non-hydrogen) atoms. The highest BCUT2D eigenvalue weighted by atomic mass is 35.5. The molecule has 0 heterocycles. The zero-order chi connectivity index (χ0) is 23.2. The van der Waals surface area contributed by atoms with Crippen LogP contribution in [0.4, 0.5) is 11.4 Å².